The summed E-state index contributed by atoms with van der Waals surface area (Å²) in [7, 11) is 0. The number of fused-ring (bicyclic) bond motifs is 1. The number of aromatic amines is 1. The minimum Gasteiger partial charge on any atom is -0.481 e. The predicted molar refractivity (Wildman–Crippen MR) is 61.2 cm³/mol. The lowest BCUT2D eigenvalue weighted by Gasteiger charge is -2.08. The van der Waals surface area contributed by atoms with Crippen LogP contribution in [-0.4, -0.2) is 21.0 Å². The van der Waals surface area contributed by atoms with E-state index in [-0.39, 0.29) is 12.3 Å². The first-order chi connectivity index (χ1) is 7.65. The number of H-pyrrole nitrogens is 1. The molecule has 2 N–H and O–H groups in total. The van der Waals surface area contributed by atoms with Crippen molar-refractivity contribution in [3.8, 4) is 0 Å². The van der Waals surface area contributed by atoms with Gasteiger partial charge in [-0.3, -0.25) is 4.79 Å². The van der Waals surface area contributed by atoms with E-state index in [0.717, 1.165) is 23.0 Å². The van der Waals surface area contributed by atoms with Crippen LogP contribution in [0.15, 0.2) is 24.5 Å². The van der Waals surface area contributed by atoms with E-state index in [0.29, 0.717) is 0 Å². The number of carboxylic acid groups (broad SMARTS) is 1. The number of hydrogen-bond acceptors (Lipinski definition) is 2. The van der Waals surface area contributed by atoms with Crippen molar-refractivity contribution < 1.29 is 9.90 Å². The lowest BCUT2D eigenvalue weighted by molar-refractivity contribution is -0.137. The Balaban J connectivity index is 2.11. The molecule has 1 unspecified atom stereocenters. The van der Waals surface area contributed by atoms with Gasteiger partial charge in [0.15, 0.2) is 0 Å². The van der Waals surface area contributed by atoms with E-state index in [1.54, 1.807) is 6.33 Å². The van der Waals surface area contributed by atoms with Crippen molar-refractivity contribution in [1.82, 2.24) is 9.97 Å². The van der Waals surface area contributed by atoms with E-state index >= 15 is 0 Å². The molecule has 0 fully saturated rings. The van der Waals surface area contributed by atoms with Crippen molar-refractivity contribution in [1.29, 1.82) is 0 Å². The number of benzene rings is 1. The highest BCUT2D eigenvalue weighted by molar-refractivity contribution is 5.75. The second-order valence-electron chi connectivity index (χ2n) is 4.16. The lowest BCUT2D eigenvalue weighted by Crippen LogP contribution is -2.06. The van der Waals surface area contributed by atoms with Gasteiger partial charge in [0.2, 0.25) is 0 Å². The number of aromatic nitrogens is 2. The van der Waals surface area contributed by atoms with Crippen molar-refractivity contribution >= 4 is 17.0 Å². The van der Waals surface area contributed by atoms with Crippen LogP contribution in [0, 0.1) is 5.92 Å². The molecule has 0 aliphatic carbocycles. The van der Waals surface area contributed by atoms with E-state index in [1.807, 2.05) is 25.1 Å². The molecule has 4 nitrogen and oxygen atoms in total. The standard InChI is InChI=1S/C12H14N2O2/c1-8(5-12(15)16)4-9-2-3-10-11(6-9)14-7-13-10/h2-3,6-8H,4-5H2,1H3,(H,13,14)(H,15,16). The summed E-state index contributed by atoms with van der Waals surface area (Å²) in [5.74, 6) is -0.590. The van der Waals surface area contributed by atoms with Crippen molar-refractivity contribution in [3.05, 3.63) is 30.1 Å². The molecular formula is C12H14N2O2. The number of aliphatic carboxylic acids is 1. The first kappa shape index (κ1) is 10.7. The normalized spacial score (nSPS) is 12.8. The number of carbonyl (C=O) groups is 1. The summed E-state index contributed by atoms with van der Waals surface area (Å²) in [6.45, 7) is 1.95. The van der Waals surface area contributed by atoms with E-state index in [2.05, 4.69) is 9.97 Å². The van der Waals surface area contributed by atoms with Crippen LogP contribution in [0.3, 0.4) is 0 Å². The van der Waals surface area contributed by atoms with Crippen LogP contribution in [0.4, 0.5) is 0 Å². The molecule has 0 spiro atoms. The molecule has 0 radical (unpaired) electrons. The summed E-state index contributed by atoms with van der Waals surface area (Å²) >= 11 is 0. The highest BCUT2D eigenvalue weighted by Crippen LogP contribution is 2.16. The smallest absolute Gasteiger partial charge is 0.303 e. The SMILES string of the molecule is CC(CC(=O)O)Cc1ccc2nc[nH]c2c1. The number of imidazole rings is 1. The van der Waals surface area contributed by atoms with Gasteiger partial charge in [-0.15, -0.1) is 0 Å². The van der Waals surface area contributed by atoms with Gasteiger partial charge >= 0.3 is 5.97 Å². The van der Waals surface area contributed by atoms with Crippen LogP contribution >= 0.6 is 0 Å². The van der Waals surface area contributed by atoms with Crippen molar-refractivity contribution in [2.24, 2.45) is 5.92 Å². The molecule has 0 saturated carbocycles. The van der Waals surface area contributed by atoms with Gasteiger partial charge in [0.25, 0.3) is 0 Å². The second kappa shape index (κ2) is 4.35. The Morgan fingerprint density at radius 1 is 1.56 bits per heavy atom. The summed E-state index contributed by atoms with van der Waals surface area (Å²) in [5, 5.41) is 8.68. The highest BCUT2D eigenvalue weighted by Gasteiger charge is 2.09. The maximum absolute atomic E-state index is 10.6. The number of carboxylic acids is 1. The van der Waals surface area contributed by atoms with Gasteiger partial charge in [-0.1, -0.05) is 13.0 Å². The van der Waals surface area contributed by atoms with Crippen molar-refractivity contribution in [2.75, 3.05) is 0 Å². The third-order valence-corrected chi connectivity index (χ3v) is 2.59. The molecule has 4 heteroatoms. The topological polar surface area (TPSA) is 66.0 Å². The van der Waals surface area contributed by atoms with Gasteiger partial charge in [-0.2, -0.15) is 0 Å². The number of rotatable bonds is 4. The van der Waals surface area contributed by atoms with Crippen molar-refractivity contribution in [3.63, 3.8) is 0 Å². The molecule has 1 heterocycles. The van der Waals surface area contributed by atoms with Gasteiger partial charge in [0.1, 0.15) is 0 Å². The molecule has 1 aromatic carbocycles. The quantitative estimate of drug-likeness (QED) is 0.826. The van der Waals surface area contributed by atoms with E-state index < -0.39 is 5.97 Å². The van der Waals surface area contributed by atoms with Crippen LogP contribution in [0.2, 0.25) is 0 Å². The fourth-order valence-corrected chi connectivity index (χ4v) is 1.88. The zero-order chi connectivity index (χ0) is 11.5. The maximum Gasteiger partial charge on any atom is 0.303 e. The average molecular weight is 218 g/mol. The van der Waals surface area contributed by atoms with Crippen LogP contribution in [0.25, 0.3) is 11.0 Å². The fourth-order valence-electron chi connectivity index (χ4n) is 1.88. The molecule has 2 aromatic rings. The number of nitrogens with zero attached hydrogens (tertiary/aromatic N) is 1. The molecule has 0 aliphatic heterocycles. The zero-order valence-corrected chi connectivity index (χ0v) is 9.10. The molecule has 1 aromatic heterocycles. The molecule has 1 atom stereocenters. The van der Waals surface area contributed by atoms with Gasteiger partial charge < -0.3 is 10.1 Å². The summed E-state index contributed by atoms with van der Waals surface area (Å²) in [6.07, 6.45) is 2.65. The second-order valence-corrected chi connectivity index (χ2v) is 4.16. The first-order valence-corrected chi connectivity index (χ1v) is 5.29. The Hall–Kier alpha value is -1.84. The largest absolute Gasteiger partial charge is 0.481 e. The third kappa shape index (κ3) is 2.39. The minimum atomic E-state index is -0.741. The van der Waals surface area contributed by atoms with E-state index in [1.165, 1.54) is 0 Å². The minimum absolute atomic E-state index is 0.151. The average Bonchev–Trinajstić information content (AvgIpc) is 2.63. The molecular weight excluding hydrogens is 204 g/mol. The Morgan fingerprint density at radius 2 is 2.38 bits per heavy atom. The highest BCUT2D eigenvalue weighted by atomic mass is 16.4. The van der Waals surface area contributed by atoms with Gasteiger partial charge in [-0.05, 0) is 30.0 Å². The molecule has 0 aliphatic rings. The van der Waals surface area contributed by atoms with E-state index in [9.17, 15) is 4.79 Å². The van der Waals surface area contributed by atoms with Crippen LogP contribution < -0.4 is 0 Å². The Labute approximate surface area is 93.3 Å². The Kier molecular flexibility index (Phi) is 2.90. The summed E-state index contributed by atoms with van der Waals surface area (Å²) in [5.41, 5.74) is 3.08. The van der Waals surface area contributed by atoms with Crippen LogP contribution in [0.5, 0.6) is 0 Å². The molecule has 2 rings (SSSR count). The molecule has 16 heavy (non-hydrogen) atoms. The number of nitrogens with one attached hydrogen (secondary N) is 1. The molecule has 0 saturated heterocycles. The van der Waals surface area contributed by atoms with Crippen molar-refractivity contribution in [2.45, 2.75) is 19.8 Å². The molecule has 0 bridgehead atoms. The monoisotopic (exact) mass is 218 g/mol. The van der Waals surface area contributed by atoms with Gasteiger partial charge in [-0.25, -0.2) is 4.98 Å². The van der Waals surface area contributed by atoms with E-state index in [4.69, 9.17) is 5.11 Å². The first-order valence-electron chi connectivity index (χ1n) is 5.29. The fraction of sp³-hybridized carbons (Fsp3) is 0.333. The van der Waals surface area contributed by atoms with Crippen LogP contribution in [0.1, 0.15) is 18.9 Å². The third-order valence-electron chi connectivity index (χ3n) is 2.59. The molecule has 0 amide bonds. The Morgan fingerprint density at radius 3 is 3.12 bits per heavy atom. The van der Waals surface area contributed by atoms with Gasteiger partial charge in [0, 0.05) is 6.42 Å². The number of hydrogen-bond donors (Lipinski definition) is 2. The van der Waals surface area contributed by atoms with Gasteiger partial charge in [0.05, 0.1) is 17.4 Å². The molecule has 84 valence electrons. The zero-order valence-electron chi connectivity index (χ0n) is 9.10. The lowest BCUT2D eigenvalue weighted by atomic mass is 9.98. The summed E-state index contributed by atoms with van der Waals surface area (Å²) in [6, 6.07) is 5.98. The predicted octanol–water partition coefficient (Wildman–Crippen LogP) is 2.22. The Bertz CT molecular complexity index is 504. The summed E-state index contributed by atoms with van der Waals surface area (Å²) in [4.78, 5) is 17.7. The maximum atomic E-state index is 10.6. The summed E-state index contributed by atoms with van der Waals surface area (Å²) < 4.78 is 0. The van der Waals surface area contributed by atoms with Crippen LogP contribution in [-0.2, 0) is 11.2 Å².